The molecule has 3 N–H and O–H groups in total. The van der Waals surface area contributed by atoms with Crippen molar-refractivity contribution in [3.8, 4) is 0 Å². The van der Waals surface area contributed by atoms with E-state index in [1.807, 2.05) is 43.3 Å². The van der Waals surface area contributed by atoms with Crippen LogP contribution in [0.15, 0.2) is 52.9 Å². The Hall–Kier alpha value is -2.96. The molecule has 29 heavy (non-hydrogen) atoms. The Balaban J connectivity index is 1.60. The molecular formula is C23H27N3O3+2. The number of para-hydroxylation sites is 1. The summed E-state index contributed by atoms with van der Waals surface area (Å²) in [5.41, 5.74) is 2.68. The first kappa shape index (κ1) is 19.4. The summed E-state index contributed by atoms with van der Waals surface area (Å²) in [7, 11) is 2.18. The van der Waals surface area contributed by atoms with Crippen molar-refractivity contribution >= 4 is 28.3 Å². The van der Waals surface area contributed by atoms with Gasteiger partial charge < -0.3 is 19.5 Å². The van der Waals surface area contributed by atoms with Crippen molar-refractivity contribution in [3.63, 3.8) is 0 Å². The fourth-order valence-corrected chi connectivity index (χ4v) is 3.78. The van der Waals surface area contributed by atoms with E-state index in [1.54, 1.807) is 12.1 Å². The third kappa shape index (κ3) is 4.23. The number of anilines is 1. The van der Waals surface area contributed by atoms with Crippen molar-refractivity contribution in [3.05, 3.63) is 65.4 Å². The minimum absolute atomic E-state index is 0.0935. The predicted octanol–water partition coefficient (Wildman–Crippen LogP) is 0.324. The summed E-state index contributed by atoms with van der Waals surface area (Å²) in [5.74, 6) is -0.141. The Morgan fingerprint density at radius 2 is 1.69 bits per heavy atom. The summed E-state index contributed by atoms with van der Waals surface area (Å²) in [6, 6.07) is 14.8. The average molecular weight is 393 g/mol. The monoisotopic (exact) mass is 393 g/mol. The number of carbonyl (C=O) groups excluding carboxylic acids is 2. The van der Waals surface area contributed by atoms with Gasteiger partial charge in [-0.2, -0.15) is 0 Å². The minimum Gasteiger partial charge on any atom is -0.450 e. The number of amides is 1. The van der Waals surface area contributed by atoms with E-state index in [1.165, 1.54) is 9.80 Å². The van der Waals surface area contributed by atoms with Crippen LogP contribution in [-0.4, -0.2) is 51.5 Å². The largest absolute Gasteiger partial charge is 0.450 e. The lowest BCUT2D eigenvalue weighted by atomic mass is 10.1. The molecule has 150 valence electrons. The maximum absolute atomic E-state index is 13.1. The van der Waals surface area contributed by atoms with Gasteiger partial charge in [0, 0.05) is 10.9 Å². The molecule has 6 heteroatoms. The maximum atomic E-state index is 13.1. The second-order valence-corrected chi connectivity index (χ2v) is 7.93. The van der Waals surface area contributed by atoms with E-state index in [0.717, 1.165) is 37.1 Å². The van der Waals surface area contributed by atoms with Crippen LogP contribution in [0.4, 0.5) is 5.69 Å². The molecule has 2 aromatic carbocycles. The quantitative estimate of drug-likeness (QED) is 0.547. The number of quaternary nitrogens is 2. The van der Waals surface area contributed by atoms with Gasteiger partial charge in [-0.3, -0.25) is 9.59 Å². The lowest BCUT2D eigenvalue weighted by Gasteiger charge is -2.26. The van der Waals surface area contributed by atoms with Gasteiger partial charge in [0.25, 0.3) is 5.91 Å². The van der Waals surface area contributed by atoms with Gasteiger partial charge in [0.1, 0.15) is 31.8 Å². The van der Waals surface area contributed by atoms with Gasteiger partial charge in [-0.15, -0.1) is 0 Å². The third-order valence-electron chi connectivity index (χ3n) is 5.60. The molecule has 2 heterocycles. The molecule has 0 spiro atoms. The number of furan rings is 1. The first-order valence-corrected chi connectivity index (χ1v) is 10.1. The smallest absolute Gasteiger partial charge is 0.279 e. The Labute approximate surface area is 170 Å². The van der Waals surface area contributed by atoms with Crippen LogP contribution in [0.3, 0.4) is 0 Å². The summed E-state index contributed by atoms with van der Waals surface area (Å²) in [6.45, 7) is 6.44. The van der Waals surface area contributed by atoms with Crippen LogP contribution in [0.5, 0.6) is 0 Å². The lowest BCUT2D eigenvalue weighted by Crippen LogP contribution is -3.27. The molecule has 0 radical (unpaired) electrons. The summed E-state index contributed by atoms with van der Waals surface area (Å²) < 4.78 is 5.88. The van der Waals surface area contributed by atoms with Crippen molar-refractivity contribution in [2.45, 2.75) is 6.92 Å². The van der Waals surface area contributed by atoms with Crippen LogP contribution < -0.4 is 15.1 Å². The van der Waals surface area contributed by atoms with Gasteiger partial charge in [0.2, 0.25) is 5.78 Å². The molecule has 1 amide bonds. The number of hydrogen-bond donors (Lipinski definition) is 3. The van der Waals surface area contributed by atoms with Crippen molar-refractivity contribution < 1.29 is 23.8 Å². The number of rotatable bonds is 5. The van der Waals surface area contributed by atoms with Crippen molar-refractivity contribution in [1.29, 1.82) is 0 Å². The molecular weight excluding hydrogens is 366 g/mol. The van der Waals surface area contributed by atoms with E-state index in [-0.39, 0.29) is 17.5 Å². The number of benzene rings is 2. The zero-order valence-electron chi connectivity index (χ0n) is 16.9. The van der Waals surface area contributed by atoms with Crippen molar-refractivity contribution in [1.82, 2.24) is 0 Å². The summed E-state index contributed by atoms with van der Waals surface area (Å²) in [6.07, 6.45) is 0. The van der Waals surface area contributed by atoms with E-state index < -0.39 is 0 Å². The van der Waals surface area contributed by atoms with Gasteiger partial charge >= 0.3 is 0 Å². The summed E-state index contributed by atoms with van der Waals surface area (Å²) in [4.78, 5) is 28.6. The highest BCUT2D eigenvalue weighted by Gasteiger charge is 2.26. The van der Waals surface area contributed by atoms with E-state index >= 15 is 0 Å². The number of piperazine rings is 1. The molecule has 1 fully saturated rings. The zero-order valence-corrected chi connectivity index (χ0v) is 16.9. The molecule has 1 aromatic heterocycles. The molecule has 1 aliphatic rings. The normalized spacial score (nSPS) is 19.2. The standard InChI is InChI=1S/C23H25N3O3/c1-16-7-9-17(10-8-16)22(28)23-21(18-5-3-4-6-19(18)29-23)24-20(27)15-26-13-11-25(2)12-14-26/h3-10H,11-15H2,1-2H3,(H,24,27)/p+2. The van der Waals surface area contributed by atoms with E-state index in [4.69, 9.17) is 4.42 Å². The lowest BCUT2D eigenvalue weighted by molar-refractivity contribution is -0.999. The number of ketones is 1. The van der Waals surface area contributed by atoms with Gasteiger partial charge in [-0.25, -0.2) is 0 Å². The second kappa shape index (κ2) is 8.19. The maximum Gasteiger partial charge on any atom is 0.279 e. The zero-order chi connectivity index (χ0) is 20.4. The number of aryl methyl sites for hydroxylation is 1. The van der Waals surface area contributed by atoms with E-state index in [0.29, 0.717) is 23.4 Å². The molecule has 1 aliphatic heterocycles. The SMILES string of the molecule is Cc1ccc(C(=O)c2oc3ccccc3c2NC(=O)C[NH+]2CC[NH+](C)CC2)cc1. The summed E-state index contributed by atoms with van der Waals surface area (Å²) in [5, 5.41) is 3.72. The number of hydrogen-bond acceptors (Lipinski definition) is 3. The predicted molar refractivity (Wildman–Crippen MR) is 112 cm³/mol. The topological polar surface area (TPSA) is 68.2 Å². The molecule has 0 aliphatic carbocycles. The highest BCUT2D eigenvalue weighted by molar-refractivity contribution is 6.17. The van der Waals surface area contributed by atoms with Gasteiger partial charge in [-0.1, -0.05) is 42.0 Å². The Morgan fingerprint density at radius 3 is 2.41 bits per heavy atom. The number of likely N-dealkylation sites (N-methyl/N-ethyl adjacent to an activating group) is 1. The fourth-order valence-electron chi connectivity index (χ4n) is 3.78. The first-order valence-electron chi connectivity index (χ1n) is 10.1. The van der Waals surface area contributed by atoms with Crippen LogP contribution in [0, 0.1) is 6.92 Å². The Kier molecular flexibility index (Phi) is 5.47. The summed E-state index contributed by atoms with van der Waals surface area (Å²) >= 11 is 0. The molecule has 0 atom stereocenters. The molecule has 6 nitrogen and oxygen atoms in total. The molecule has 1 saturated heterocycles. The van der Waals surface area contributed by atoms with Gasteiger partial charge in [0.05, 0.1) is 12.7 Å². The molecule has 3 aromatic rings. The molecule has 0 saturated carbocycles. The number of fused-ring (bicyclic) bond motifs is 1. The van der Waals surface area contributed by atoms with Gasteiger partial charge in [0.15, 0.2) is 12.3 Å². The molecule has 4 rings (SSSR count). The Bertz CT molecular complexity index is 1030. The minimum atomic E-state index is -0.230. The molecule has 0 bridgehead atoms. The van der Waals surface area contributed by atoms with E-state index in [2.05, 4.69) is 12.4 Å². The second-order valence-electron chi connectivity index (χ2n) is 7.93. The van der Waals surface area contributed by atoms with Crippen LogP contribution in [0.1, 0.15) is 21.7 Å². The van der Waals surface area contributed by atoms with Crippen molar-refractivity contribution in [2.24, 2.45) is 0 Å². The Morgan fingerprint density at radius 1 is 1.00 bits per heavy atom. The third-order valence-corrected chi connectivity index (χ3v) is 5.60. The van der Waals surface area contributed by atoms with Crippen LogP contribution in [-0.2, 0) is 4.79 Å². The highest BCUT2D eigenvalue weighted by atomic mass is 16.3. The van der Waals surface area contributed by atoms with Crippen LogP contribution >= 0.6 is 0 Å². The number of carbonyl (C=O) groups is 2. The van der Waals surface area contributed by atoms with Gasteiger partial charge in [-0.05, 0) is 19.1 Å². The van der Waals surface area contributed by atoms with E-state index in [9.17, 15) is 9.59 Å². The van der Waals surface area contributed by atoms with Crippen molar-refractivity contribution in [2.75, 3.05) is 45.1 Å². The van der Waals surface area contributed by atoms with Crippen LogP contribution in [0.25, 0.3) is 11.0 Å². The average Bonchev–Trinajstić information content (AvgIpc) is 3.08. The molecule has 0 unspecified atom stereocenters. The first-order chi connectivity index (χ1) is 14.0. The van der Waals surface area contributed by atoms with Crippen LogP contribution in [0.2, 0.25) is 0 Å². The fraction of sp³-hybridized carbons (Fsp3) is 0.304. The number of nitrogens with one attached hydrogen (secondary N) is 3. The highest BCUT2D eigenvalue weighted by Crippen LogP contribution is 2.32.